The zero-order valence-corrected chi connectivity index (χ0v) is 10.2. The van der Waals surface area contributed by atoms with Crippen LogP contribution in [0, 0.1) is 0 Å². The highest BCUT2D eigenvalue weighted by Crippen LogP contribution is 2.23. The first kappa shape index (κ1) is 12.3. The first-order valence-corrected chi connectivity index (χ1v) is 5.63. The lowest BCUT2D eigenvalue weighted by Gasteiger charge is -2.08. The second-order valence-electron chi connectivity index (χ2n) is 3.71. The van der Waals surface area contributed by atoms with Crippen molar-refractivity contribution in [1.82, 2.24) is 0 Å². The molecule has 0 bridgehead atoms. The van der Waals surface area contributed by atoms with Crippen molar-refractivity contribution in [2.75, 3.05) is 5.32 Å². The Morgan fingerprint density at radius 1 is 1.06 bits per heavy atom. The van der Waals surface area contributed by atoms with Gasteiger partial charge in [-0.05, 0) is 24.3 Å². The molecule has 4 nitrogen and oxygen atoms in total. The van der Waals surface area contributed by atoms with Gasteiger partial charge in [0.2, 0.25) is 0 Å². The maximum atomic E-state index is 11.9. The normalized spacial score (nSPS) is 10.1. The van der Waals surface area contributed by atoms with Crippen molar-refractivity contribution < 1.29 is 15.0 Å². The maximum absolute atomic E-state index is 11.9. The molecular weight excluding hydrogens is 250 g/mol. The standard InChI is InChI=1S/C13H11NO3S/c15-9-5-8(6-10(16)7-9)13(17)14-11-3-1-2-4-12(11)18/h1-7,15-16,18H,(H,14,17). The third-order valence-electron chi connectivity index (χ3n) is 2.32. The van der Waals surface area contributed by atoms with Crippen molar-refractivity contribution in [2.24, 2.45) is 0 Å². The van der Waals surface area contributed by atoms with E-state index in [1.807, 2.05) is 0 Å². The molecule has 5 heteroatoms. The topological polar surface area (TPSA) is 69.6 Å². The number of hydrogen-bond acceptors (Lipinski definition) is 4. The molecule has 0 aromatic heterocycles. The predicted octanol–water partition coefficient (Wildman–Crippen LogP) is 2.64. The fraction of sp³-hybridized carbons (Fsp3) is 0. The summed E-state index contributed by atoms with van der Waals surface area (Å²) in [6.07, 6.45) is 0. The fourth-order valence-electron chi connectivity index (χ4n) is 1.50. The first-order valence-electron chi connectivity index (χ1n) is 5.18. The van der Waals surface area contributed by atoms with Gasteiger partial charge in [0.15, 0.2) is 0 Å². The predicted molar refractivity (Wildman–Crippen MR) is 71.4 cm³/mol. The number of anilines is 1. The van der Waals surface area contributed by atoms with Crippen LogP contribution in [-0.2, 0) is 0 Å². The molecule has 0 heterocycles. The molecular formula is C13H11NO3S. The maximum Gasteiger partial charge on any atom is 0.255 e. The second kappa shape index (κ2) is 5.01. The number of phenolic OH excluding ortho intramolecular Hbond substituents is 2. The average Bonchev–Trinajstić information content (AvgIpc) is 2.31. The number of amides is 1. The van der Waals surface area contributed by atoms with E-state index >= 15 is 0 Å². The molecule has 0 radical (unpaired) electrons. The summed E-state index contributed by atoms with van der Waals surface area (Å²) < 4.78 is 0. The third-order valence-corrected chi connectivity index (χ3v) is 2.71. The van der Waals surface area contributed by atoms with Gasteiger partial charge < -0.3 is 15.5 Å². The van der Waals surface area contributed by atoms with E-state index in [2.05, 4.69) is 17.9 Å². The Morgan fingerprint density at radius 3 is 2.28 bits per heavy atom. The van der Waals surface area contributed by atoms with Gasteiger partial charge in [-0.25, -0.2) is 0 Å². The number of rotatable bonds is 2. The van der Waals surface area contributed by atoms with Crippen molar-refractivity contribution in [3.63, 3.8) is 0 Å². The van der Waals surface area contributed by atoms with Crippen molar-refractivity contribution in [3.8, 4) is 11.5 Å². The lowest BCUT2D eigenvalue weighted by molar-refractivity contribution is 0.102. The number of carbonyl (C=O) groups is 1. The highest BCUT2D eigenvalue weighted by molar-refractivity contribution is 7.80. The Morgan fingerprint density at radius 2 is 1.67 bits per heavy atom. The molecule has 0 unspecified atom stereocenters. The summed E-state index contributed by atoms with van der Waals surface area (Å²) in [4.78, 5) is 12.5. The summed E-state index contributed by atoms with van der Waals surface area (Å²) >= 11 is 4.21. The Labute approximate surface area is 109 Å². The van der Waals surface area contributed by atoms with Gasteiger partial charge in [0.25, 0.3) is 5.91 Å². The van der Waals surface area contributed by atoms with Crippen molar-refractivity contribution >= 4 is 24.2 Å². The Balaban J connectivity index is 2.25. The number of para-hydroxylation sites is 1. The number of hydrogen-bond donors (Lipinski definition) is 4. The molecule has 2 aromatic rings. The van der Waals surface area contributed by atoms with Crippen LogP contribution in [0.3, 0.4) is 0 Å². The first-order chi connectivity index (χ1) is 8.56. The number of carbonyl (C=O) groups excluding carboxylic acids is 1. The molecule has 92 valence electrons. The van der Waals surface area contributed by atoms with Crippen LogP contribution in [0.2, 0.25) is 0 Å². The average molecular weight is 261 g/mol. The van der Waals surface area contributed by atoms with Crippen LogP contribution in [-0.4, -0.2) is 16.1 Å². The molecule has 1 amide bonds. The number of aromatic hydroxyl groups is 2. The van der Waals surface area contributed by atoms with Gasteiger partial charge in [0.05, 0.1) is 5.69 Å². The van der Waals surface area contributed by atoms with Gasteiger partial charge in [-0.3, -0.25) is 4.79 Å². The van der Waals surface area contributed by atoms with Crippen molar-refractivity contribution in [1.29, 1.82) is 0 Å². The van der Waals surface area contributed by atoms with Crippen LogP contribution in [0.5, 0.6) is 11.5 Å². The molecule has 3 N–H and O–H groups in total. The zero-order valence-electron chi connectivity index (χ0n) is 9.29. The van der Waals surface area contributed by atoms with Gasteiger partial charge >= 0.3 is 0 Å². The SMILES string of the molecule is O=C(Nc1ccccc1S)c1cc(O)cc(O)c1. The number of phenols is 2. The molecule has 2 aromatic carbocycles. The molecule has 0 fully saturated rings. The molecule has 0 spiro atoms. The Hall–Kier alpha value is -2.14. The minimum absolute atomic E-state index is 0.167. The van der Waals surface area contributed by atoms with E-state index in [0.717, 1.165) is 6.07 Å². The van der Waals surface area contributed by atoms with E-state index in [0.29, 0.717) is 10.6 Å². The summed E-state index contributed by atoms with van der Waals surface area (Å²) in [6.45, 7) is 0. The molecule has 18 heavy (non-hydrogen) atoms. The minimum Gasteiger partial charge on any atom is -0.508 e. The summed E-state index contributed by atoms with van der Waals surface area (Å²) in [6, 6.07) is 10.7. The lowest BCUT2D eigenvalue weighted by atomic mass is 10.2. The van der Waals surface area contributed by atoms with Crippen LogP contribution in [0.4, 0.5) is 5.69 Å². The van der Waals surface area contributed by atoms with Crippen LogP contribution in [0.25, 0.3) is 0 Å². The van der Waals surface area contributed by atoms with Gasteiger partial charge in [-0.1, -0.05) is 12.1 Å². The Kier molecular flexibility index (Phi) is 3.43. The van der Waals surface area contributed by atoms with Crippen molar-refractivity contribution in [2.45, 2.75) is 4.90 Å². The molecule has 0 aliphatic carbocycles. The molecule has 2 rings (SSSR count). The Bertz CT molecular complexity index is 578. The quantitative estimate of drug-likeness (QED) is 0.628. The number of nitrogens with one attached hydrogen (secondary N) is 1. The lowest BCUT2D eigenvalue weighted by Crippen LogP contribution is -2.12. The minimum atomic E-state index is -0.428. The summed E-state index contributed by atoms with van der Waals surface area (Å²) in [5.41, 5.74) is 0.734. The van der Waals surface area contributed by atoms with E-state index in [1.165, 1.54) is 12.1 Å². The summed E-state index contributed by atoms with van der Waals surface area (Å²) in [5, 5.41) is 21.3. The molecule has 0 saturated carbocycles. The molecule has 0 atom stereocenters. The van der Waals surface area contributed by atoms with Gasteiger partial charge in [-0.2, -0.15) is 0 Å². The second-order valence-corrected chi connectivity index (χ2v) is 4.19. The summed E-state index contributed by atoms with van der Waals surface area (Å²) in [7, 11) is 0. The van der Waals surface area contributed by atoms with E-state index in [9.17, 15) is 15.0 Å². The van der Waals surface area contributed by atoms with E-state index in [4.69, 9.17) is 0 Å². The largest absolute Gasteiger partial charge is 0.508 e. The van der Waals surface area contributed by atoms with Crippen LogP contribution >= 0.6 is 12.6 Å². The number of thiol groups is 1. The third kappa shape index (κ3) is 2.75. The van der Waals surface area contributed by atoms with Gasteiger partial charge in [0.1, 0.15) is 11.5 Å². The smallest absolute Gasteiger partial charge is 0.255 e. The fourth-order valence-corrected chi connectivity index (χ4v) is 1.72. The van der Waals surface area contributed by atoms with Crippen LogP contribution < -0.4 is 5.32 Å². The highest BCUT2D eigenvalue weighted by Gasteiger charge is 2.10. The highest BCUT2D eigenvalue weighted by atomic mass is 32.1. The van der Waals surface area contributed by atoms with E-state index in [1.54, 1.807) is 24.3 Å². The van der Waals surface area contributed by atoms with Crippen LogP contribution in [0.1, 0.15) is 10.4 Å². The molecule has 0 aliphatic heterocycles. The number of benzene rings is 2. The molecule has 0 saturated heterocycles. The van der Waals surface area contributed by atoms with E-state index < -0.39 is 5.91 Å². The van der Waals surface area contributed by atoms with Crippen molar-refractivity contribution in [3.05, 3.63) is 48.0 Å². The van der Waals surface area contributed by atoms with Gasteiger partial charge in [-0.15, -0.1) is 12.6 Å². The zero-order chi connectivity index (χ0) is 13.1. The monoisotopic (exact) mass is 261 g/mol. The molecule has 0 aliphatic rings. The summed E-state index contributed by atoms with van der Waals surface area (Å²) in [5.74, 6) is -0.763. The van der Waals surface area contributed by atoms with E-state index in [-0.39, 0.29) is 17.1 Å². The van der Waals surface area contributed by atoms with Crippen LogP contribution in [0.15, 0.2) is 47.4 Å². The van der Waals surface area contributed by atoms with Gasteiger partial charge in [0, 0.05) is 16.5 Å².